The number of nitrogens with zero attached hydrogens (tertiary/aromatic N) is 1. The molecule has 0 radical (unpaired) electrons. The highest BCUT2D eigenvalue weighted by atomic mass is 16.4. The minimum Gasteiger partial charge on any atom is -0.507 e. The molecule has 0 unspecified atom stereocenters. The van der Waals surface area contributed by atoms with Crippen molar-refractivity contribution >= 4 is 11.0 Å². The van der Waals surface area contributed by atoms with Crippen LogP contribution in [0.2, 0.25) is 0 Å². The Kier molecular flexibility index (Phi) is 4.51. The lowest BCUT2D eigenvalue weighted by Crippen LogP contribution is -2.33. The van der Waals surface area contributed by atoms with Crippen molar-refractivity contribution in [2.24, 2.45) is 5.92 Å². The highest BCUT2D eigenvalue weighted by Gasteiger charge is 2.21. The Morgan fingerprint density at radius 3 is 2.77 bits per heavy atom. The Hall–Kier alpha value is -2.59. The van der Waals surface area contributed by atoms with Crippen molar-refractivity contribution in [1.29, 1.82) is 0 Å². The molecular formula is C22H23NO3. The summed E-state index contributed by atoms with van der Waals surface area (Å²) in [7, 11) is 0. The Balaban J connectivity index is 1.84. The molecule has 3 aromatic rings. The molecule has 1 fully saturated rings. The predicted molar refractivity (Wildman–Crippen MR) is 103 cm³/mol. The summed E-state index contributed by atoms with van der Waals surface area (Å²) >= 11 is 0. The van der Waals surface area contributed by atoms with Crippen LogP contribution in [0.15, 0.2) is 57.7 Å². The van der Waals surface area contributed by atoms with Gasteiger partial charge in [-0.25, -0.2) is 4.79 Å². The van der Waals surface area contributed by atoms with E-state index in [1.807, 2.05) is 36.4 Å². The molecule has 2 aromatic carbocycles. The zero-order valence-electron chi connectivity index (χ0n) is 14.9. The van der Waals surface area contributed by atoms with E-state index in [-0.39, 0.29) is 5.75 Å². The summed E-state index contributed by atoms with van der Waals surface area (Å²) in [6, 6.07) is 14.9. The zero-order valence-corrected chi connectivity index (χ0v) is 14.9. The molecule has 26 heavy (non-hydrogen) atoms. The third kappa shape index (κ3) is 3.25. The third-order valence-electron chi connectivity index (χ3n) is 5.20. The van der Waals surface area contributed by atoms with E-state index in [4.69, 9.17) is 4.42 Å². The first kappa shape index (κ1) is 16.9. The second-order valence-corrected chi connectivity index (χ2v) is 7.27. The average Bonchev–Trinajstić information content (AvgIpc) is 2.64. The second kappa shape index (κ2) is 6.96. The fraction of sp³-hybridized carbons (Fsp3) is 0.318. The minimum absolute atomic E-state index is 0.184. The van der Waals surface area contributed by atoms with Crippen molar-refractivity contribution in [2.75, 3.05) is 13.1 Å². The van der Waals surface area contributed by atoms with Crippen LogP contribution in [0.5, 0.6) is 5.75 Å². The van der Waals surface area contributed by atoms with Gasteiger partial charge in [0.25, 0.3) is 0 Å². The van der Waals surface area contributed by atoms with Gasteiger partial charge >= 0.3 is 5.63 Å². The summed E-state index contributed by atoms with van der Waals surface area (Å²) in [6.45, 7) is 4.85. The van der Waals surface area contributed by atoms with Crippen LogP contribution in [-0.2, 0) is 6.54 Å². The lowest BCUT2D eigenvalue weighted by molar-refractivity contribution is 0.175. The quantitative estimate of drug-likeness (QED) is 0.712. The van der Waals surface area contributed by atoms with Crippen molar-refractivity contribution in [3.63, 3.8) is 0 Å². The molecule has 1 atom stereocenters. The number of phenolic OH excluding ortho intramolecular Hbond substituents is 1. The summed E-state index contributed by atoms with van der Waals surface area (Å²) in [4.78, 5) is 14.6. The van der Waals surface area contributed by atoms with E-state index in [0.717, 1.165) is 36.0 Å². The van der Waals surface area contributed by atoms with Crippen molar-refractivity contribution in [3.05, 3.63) is 64.5 Å². The van der Waals surface area contributed by atoms with Gasteiger partial charge in [-0.3, -0.25) is 4.90 Å². The Morgan fingerprint density at radius 1 is 1.19 bits per heavy atom. The Bertz CT molecular complexity index is 978. The fourth-order valence-corrected chi connectivity index (χ4v) is 3.94. The van der Waals surface area contributed by atoms with Crippen LogP contribution in [0.4, 0.5) is 0 Å². The number of hydrogen-bond donors (Lipinski definition) is 1. The number of likely N-dealkylation sites (tertiary alicyclic amines) is 1. The molecule has 4 rings (SSSR count). The average molecular weight is 349 g/mol. The molecule has 134 valence electrons. The first-order valence-corrected chi connectivity index (χ1v) is 9.18. The predicted octanol–water partition coefficient (Wildman–Crippen LogP) is 4.40. The van der Waals surface area contributed by atoms with Gasteiger partial charge in [0.1, 0.15) is 11.3 Å². The number of phenols is 1. The number of hydrogen-bond acceptors (Lipinski definition) is 4. The third-order valence-corrected chi connectivity index (χ3v) is 5.20. The number of aromatic hydroxyl groups is 1. The maximum Gasteiger partial charge on any atom is 0.336 e. The Morgan fingerprint density at radius 2 is 2.00 bits per heavy atom. The summed E-state index contributed by atoms with van der Waals surface area (Å²) in [5.41, 5.74) is 2.61. The van der Waals surface area contributed by atoms with Crippen molar-refractivity contribution in [1.82, 2.24) is 4.90 Å². The largest absolute Gasteiger partial charge is 0.507 e. The van der Waals surface area contributed by atoms with E-state index in [2.05, 4.69) is 11.8 Å². The maximum absolute atomic E-state index is 12.2. The smallest absolute Gasteiger partial charge is 0.336 e. The van der Waals surface area contributed by atoms with E-state index in [1.54, 1.807) is 6.07 Å². The van der Waals surface area contributed by atoms with Gasteiger partial charge in [-0.2, -0.15) is 0 Å². The highest BCUT2D eigenvalue weighted by Crippen LogP contribution is 2.34. The van der Waals surface area contributed by atoms with Gasteiger partial charge in [-0.1, -0.05) is 37.3 Å². The summed E-state index contributed by atoms with van der Waals surface area (Å²) in [6.07, 6.45) is 2.40. The van der Waals surface area contributed by atoms with Crippen LogP contribution >= 0.6 is 0 Å². The molecule has 4 nitrogen and oxygen atoms in total. The van der Waals surface area contributed by atoms with Crippen LogP contribution in [-0.4, -0.2) is 23.1 Å². The number of benzene rings is 2. The van der Waals surface area contributed by atoms with Crippen molar-refractivity contribution < 1.29 is 9.52 Å². The molecule has 1 saturated heterocycles. The van der Waals surface area contributed by atoms with Gasteiger partial charge in [0, 0.05) is 24.5 Å². The summed E-state index contributed by atoms with van der Waals surface area (Å²) in [5.74, 6) is 0.830. The van der Waals surface area contributed by atoms with Crippen LogP contribution in [0.25, 0.3) is 22.1 Å². The lowest BCUT2D eigenvalue weighted by Gasteiger charge is -2.31. The van der Waals surface area contributed by atoms with Gasteiger partial charge in [-0.15, -0.1) is 0 Å². The molecule has 0 spiro atoms. The van der Waals surface area contributed by atoms with Gasteiger partial charge in [0.15, 0.2) is 0 Å². The summed E-state index contributed by atoms with van der Waals surface area (Å²) in [5, 5.41) is 11.3. The Labute approximate surface area is 152 Å². The number of rotatable bonds is 3. The topological polar surface area (TPSA) is 53.7 Å². The molecule has 1 N–H and O–H groups in total. The molecule has 2 heterocycles. The molecular weight excluding hydrogens is 326 g/mol. The summed E-state index contributed by atoms with van der Waals surface area (Å²) < 4.78 is 5.56. The van der Waals surface area contributed by atoms with Crippen LogP contribution in [0.1, 0.15) is 25.3 Å². The van der Waals surface area contributed by atoms with Gasteiger partial charge in [-0.05, 0) is 48.6 Å². The first-order chi connectivity index (χ1) is 12.6. The molecule has 1 aliphatic rings. The first-order valence-electron chi connectivity index (χ1n) is 9.18. The van der Waals surface area contributed by atoms with E-state index < -0.39 is 5.63 Å². The molecule has 4 heteroatoms. The van der Waals surface area contributed by atoms with Gasteiger partial charge in [0.2, 0.25) is 0 Å². The van der Waals surface area contributed by atoms with Crippen molar-refractivity contribution in [3.8, 4) is 16.9 Å². The number of piperidine rings is 1. The standard InChI is InChI=1S/C22H23NO3/c1-15-6-5-11-23(13-15)14-19-20(24)10-9-17-18(12-21(25)26-22(17)19)16-7-3-2-4-8-16/h2-4,7-10,12,15,24H,5-6,11,13-14H2,1H3/t15-/m0/s1. The zero-order chi connectivity index (χ0) is 18.1. The molecule has 1 aromatic heterocycles. The molecule has 0 saturated carbocycles. The van der Waals surface area contributed by atoms with Crippen LogP contribution in [0, 0.1) is 5.92 Å². The van der Waals surface area contributed by atoms with E-state index in [1.165, 1.54) is 12.5 Å². The van der Waals surface area contributed by atoms with Gasteiger partial charge < -0.3 is 9.52 Å². The lowest BCUT2D eigenvalue weighted by atomic mass is 9.97. The molecule has 0 bridgehead atoms. The van der Waals surface area contributed by atoms with Crippen LogP contribution in [0.3, 0.4) is 0 Å². The van der Waals surface area contributed by atoms with E-state index in [9.17, 15) is 9.90 Å². The minimum atomic E-state index is -0.393. The van der Waals surface area contributed by atoms with Gasteiger partial charge in [0.05, 0.1) is 5.56 Å². The fourth-order valence-electron chi connectivity index (χ4n) is 3.94. The second-order valence-electron chi connectivity index (χ2n) is 7.27. The normalized spacial score (nSPS) is 18.3. The van der Waals surface area contributed by atoms with E-state index in [0.29, 0.717) is 23.6 Å². The SMILES string of the molecule is C[C@H]1CCCN(Cc2c(O)ccc3c(-c4ccccc4)cc(=O)oc23)C1. The molecule has 0 amide bonds. The maximum atomic E-state index is 12.2. The molecule has 1 aliphatic heterocycles. The van der Waals surface area contributed by atoms with Crippen molar-refractivity contribution in [2.45, 2.75) is 26.3 Å². The monoisotopic (exact) mass is 349 g/mol. The van der Waals surface area contributed by atoms with Crippen LogP contribution < -0.4 is 5.63 Å². The molecule has 0 aliphatic carbocycles. The number of fused-ring (bicyclic) bond motifs is 1. The highest BCUT2D eigenvalue weighted by molar-refractivity contribution is 5.95. The van der Waals surface area contributed by atoms with E-state index >= 15 is 0 Å².